The zero-order valence-corrected chi connectivity index (χ0v) is 16.4. The highest BCUT2D eigenvalue weighted by atomic mass is 35.5. The Labute approximate surface area is 162 Å². The zero-order chi connectivity index (χ0) is 18.1. The summed E-state index contributed by atoms with van der Waals surface area (Å²) in [6, 6.07) is 12.2. The number of nitrogens with zero attached hydrogens (tertiary/aromatic N) is 3. The van der Waals surface area contributed by atoms with Crippen LogP contribution in [-0.2, 0) is 13.2 Å². The van der Waals surface area contributed by atoms with Crippen molar-refractivity contribution in [3.05, 3.63) is 58.1 Å². The van der Waals surface area contributed by atoms with Crippen molar-refractivity contribution in [2.24, 2.45) is 0 Å². The number of halogens is 1. The van der Waals surface area contributed by atoms with E-state index in [9.17, 15) is 5.11 Å². The summed E-state index contributed by atoms with van der Waals surface area (Å²) in [5.41, 5.74) is 4.50. The maximum Gasteiger partial charge on any atom is 0.186 e. The van der Waals surface area contributed by atoms with Gasteiger partial charge in [-0.1, -0.05) is 46.7 Å². The van der Waals surface area contributed by atoms with Gasteiger partial charge in [0.1, 0.15) is 0 Å². The van der Waals surface area contributed by atoms with Crippen LogP contribution in [0.2, 0.25) is 5.02 Å². The molecule has 0 aliphatic carbocycles. The maximum absolute atomic E-state index is 9.40. The first-order chi connectivity index (χ1) is 12.6. The van der Waals surface area contributed by atoms with Crippen LogP contribution in [0.25, 0.3) is 10.2 Å². The van der Waals surface area contributed by atoms with Gasteiger partial charge in [0.05, 0.1) is 16.8 Å². The molecule has 0 unspecified atom stereocenters. The van der Waals surface area contributed by atoms with E-state index in [0.29, 0.717) is 0 Å². The first kappa shape index (κ1) is 17.7. The van der Waals surface area contributed by atoms with Gasteiger partial charge in [0, 0.05) is 37.7 Å². The fourth-order valence-corrected chi connectivity index (χ4v) is 4.80. The lowest BCUT2D eigenvalue weighted by Crippen LogP contribution is -2.45. The number of benzene rings is 2. The number of piperazine rings is 1. The Morgan fingerprint density at radius 3 is 2.62 bits per heavy atom. The summed E-state index contributed by atoms with van der Waals surface area (Å²) in [4.78, 5) is 9.59. The normalized spacial score (nSPS) is 15.7. The van der Waals surface area contributed by atoms with Crippen molar-refractivity contribution in [1.29, 1.82) is 0 Å². The summed E-state index contributed by atoms with van der Waals surface area (Å²) in [7, 11) is 0. The summed E-state index contributed by atoms with van der Waals surface area (Å²) >= 11 is 7.80. The van der Waals surface area contributed by atoms with Gasteiger partial charge >= 0.3 is 0 Å². The van der Waals surface area contributed by atoms with Crippen LogP contribution in [0.1, 0.15) is 16.7 Å². The van der Waals surface area contributed by atoms with Crippen molar-refractivity contribution in [3.63, 3.8) is 0 Å². The Bertz CT molecular complexity index is 919. The highest BCUT2D eigenvalue weighted by Gasteiger charge is 2.20. The van der Waals surface area contributed by atoms with Crippen LogP contribution in [0.15, 0.2) is 36.4 Å². The number of aliphatic hydroxyl groups is 1. The lowest BCUT2D eigenvalue weighted by Gasteiger charge is -2.34. The van der Waals surface area contributed by atoms with Crippen molar-refractivity contribution in [1.82, 2.24) is 9.88 Å². The lowest BCUT2D eigenvalue weighted by atomic mass is 10.1. The molecular formula is C20H22ClN3OS. The third-order valence-electron chi connectivity index (χ3n) is 4.77. The number of aryl methyl sites for hydroxylation is 1. The number of hydrogen-bond donors (Lipinski definition) is 1. The highest BCUT2D eigenvalue weighted by molar-refractivity contribution is 7.22. The Kier molecular flexibility index (Phi) is 5.14. The van der Waals surface area contributed by atoms with Gasteiger partial charge in [-0.15, -0.1) is 0 Å². The third-order valence-corrected chi connectivity index (χ3v) is 6.08. The molecule has 0 spiro atoms. The van der Waals surface area contributed by atoms with E-state index in [1.54, 1.807) is 11.3 Å². The number of thiazole rings is 1. The van der Waals surface area contributed by atoms with E-state index in [4.69, 9.17) is 16.6 Å². The quantitative estimate of drug-likeness (QED) is 0.732. The standard InChI is InChI=1S/C20H22ClN3OS/c1-14-8-15(10-16(9-14)13-25)12-23-4-6-24(7-5-23)20-22-18-3-2-17(21)11-19(18)26-20/h2-3,8-11,25H,4-7,12-13H2,1H3. The van der Waals surface area contributed by atoms with Crippen LogP contribution < -0.4 is 4.90 Å². The van der Waals surface area contributed by atoms with Gasteiger partial charge in [0.2, 0.25) is 0 Å². The van der Waals surface area contributed by atoms with Crippen molar-refractivity contribution in [2.75, 3.05) is 31.1 Å². The number of aromatic nitrogens is 1. The fourth-order valence-electron chi connectivity index (χ4n) is 3.51. The van der Waals surface area contributed by atoms with Crippen LogP contribution >= 0.6 is 22.9 Å². The topological polar surface area (TPSA) is 39.6 Å². The molecule has 0 bridgehead atoms. The minimum absolute atomic E-state index is 0.101. The molecule has 2 heterocycles. The molecule has 1 saturated heterocycles. The molecule has 2 aromatic carbocycles. The molecule has 1 aromatic heterocycles. The lowest BCUT2D eigenvalue weighted by molar-refractivity contribution is 0.249. The molecule has 26 heavy (non-hydrogen) atoms. The molecule has 1 aliphatic rings. The summed E-state index contributed by atoms with van der Waals surface area (Å²) in [5, 5.41) is 11.2. The Morgan fingerprint density at radius 1 is 1.08 bits per heavy atom. The average molecular weight is 388 g/mol. The zero-order valence-electron chi connectivity index (χ0n) is 14.8. The first-order valence-electron chi connectivity index (χ1n) is 8.84. The smallest absolute Gasteiger partial charge is 0.186 e. The molecule has 0 saturated carbocycles. The van der Waals surface area contributed by atoms with E-state index in [-0.39, 0.29) is 6.61 Å². The number of fused-ring (bicyclic) bond motifs is 1. The molecule has 0 radical (unpaired) electrons. The van der Waals surface area contributed by atoms with Crippen molar-refractivity contribution >= 4 is 38.3 Å². The molecular weight excluding hydrogens is 366 g/mol. The molecule has 1 fully saturated rings. The molecule has 0 amide bonds. The highest BCUT2D eigenvalue weighted by Crippen LogP contribution is 2.31. The fraction of sp³-hybridized carbons (Fsp3) is 0.350. The molecule has 4 nitrogen and oxygen atoms in total. The maximum atomic E-state index is 9.40. The van der Waals surface area contributed by atoms with Gasteiger partial charge in [-0.25, -0.2) is 4.98 Å². The summed E-state index contributed by atoms with van der Waals surface area (Å²) < 4.78 is 1.14. The van der Waals surface area contributed by atoms with Crippen molar-refractivity contribution < 1.29 is 5.11 Å². The molecule has 6 heteroatoms. The SMILES string of the molecule is Cc1cc(CO)cc(CN2CCN(c3nc4ccc(Cl)cc4s3)CC2)c1. The van der Waals surface area contributed by atoms with Gasteiger partial charge in [0.15, 0.2) is 5.13 Å². The molecule has 1 aliphatic heterocycles. The Hall–Kier alpha value is -1.66. The largest absolute Gasteiger partial charge is 0.392 e. The van der Waals surface area contributed by atoms with E-state index in [1.165, 1.54) is 11.1 Å². The predicted molar refractivity (Wildman–Crippen MR) is 109 cm³/mol. The number of anilines is 1. The first-order valence-corrected chi connectivity index (χ1v) is 10.0. The summed E-state index contributed by atoms with van der Waals surface area (Å²) in [6.45, 7) is 7.10. The van der Waals surface area contributed by atoms with E-state index < -0.39 is 0 Å². The Balaban J connectivity index is 1.41. The van der Waals surface area contributed by atoms with E-state index in [1.807, 2.05) is 24.3 Å². The summed E-state index contributed by atoms with van der Waals surface area (Å²) in [5.74, 6) is 0. The van der Waals surface area contributed by atoms with E-state index in [0.717, 1.165) is 58.7 Å². The van der Waals surface area contributed by atoms with Gasteiger partial charge < -0.3 is 10.0 Å². The summed E-state index contributed by atoms with van der Waals surface area (Å²) in [6.07, 6.45) is 0. The van der Waals surface area contributed by atoms with Crippen molar-refractivity contribution in [2.45, 2.75) is 20.1 Å². The van der Waals surface area contributed by atoms with Crippen LogP contribution in [-0.4, -0.2) is 41.2 Å². The molecule has 0 atom stereocenters. The molecule has 3 aromatic rings. The minimum Gasteiger partial charge on any atom is -0.392 e. The second-order valence-corrected chi connectivity index (χ2v) is 8.30. The van der Waals surface area contributed by atoms with Crippen LogP contribution in [0, 0.1) is 6.92 Å². The predicted octanol–water partition coefficient (Wildman–Crippen LogP) is 4.07. The Morgan fingerprint density at radius 2 is 1.85 bits per heavy atom. The molecule has 4 rings (SSSR count). The minimum atomic E-state index is 0.101. The third kappa shape index (κ3) is 3.86. The molecule has 1 N–H and O–H groups in total. The second kappa shape index (κ2) is 7.53. The van der Waals surface area contributed by atoms with Crippen LogP contribution in [0.3, 0.4) is 0 Å². The second-order valence-electron chi connectivity index (χ2n) is 6.86. The van der Waals surface area contributed by atoms with E-state index in [2.05, 4.69) is 28.9 Å². The van der Waals surface area contributed by atoms with E-state index >= 15 is 0 Å². The van der Waals surface area contributed by atoms with Crippen LogP contribution in [0.5, 0.6) is 0 Å². The number of aliphatic hydroxyl groups excluding tert-OH is 1. The monoisotopic (exact) mass is 387 g/mol. The number of rotatable bonds is 4. The average Bonchev–Trinajstić information content (AvgIpc) is 3.05. The van der Waals surface area contributed by atoms with Gasteiger partial charge in [-0.05, 0) is 36.2 Å². The van der Waals surface area contributed by atoms with Gasteiger partial charge in [0.25, 0.3) is 0 Å². The van der Waals surface area contributed by atoms with Gasteiger partial charge in [-0.2, -0.15) is 0 Å². The molecule has 136 valence electrons. The number of hydrogen-bond acceptors (Lipinski definition) is 5. The van der Waals surface area contributed by atoms with Gasteiger partial charge in [-0.3, -0.25) is 4.90 Å². The van der Waals surface area contributed by atoms with Crippen LogP contribution in [0.4, 0.5) is 5.13 Å². The van der Waals surface area contributed by atoms with Crippen molar-refractivity contribution in [3.8, 4) is 0 Å².